The van der Waals surface area contributed by atoms with Crippen LogP contribution in [0.2, 0.25) is 0 Å². The van der Waals surface area contributed by atoms with Crippen LogP contribution in [0.15, 0.2) is 47.7 Å². The van der Waals surface area contributed by atoms with Crippen LogP contribution in [-0.4, -0.2) is 47.3 Å². The van der Waals surface area contributed by atoms with Gasteiger partial charge in [0, 0.05) is 31.5 Å². The van der Waals surface area contributed by atoms with E-state index in [0.29, 0.717) is 12.0 Å². The number of rotatable bonds is 8. The number of guanidine groups is 1. The van der Waals surface area contributed by atoms with E-state index in [-0.39, 0.29) is 12.5 Å². The van der Waals surface area contributed by atoms with Crippen molar-refractivity contribution in [3.63, 3.8) is 0 Å². The lowest BCUT2D eigenvalue weighted by Crippen LogP contribution is -2.39. The number of nitrogens with zero attached hydrogens (tertiary/aromatic N) is 3. The van der Waals surface area contributed by atoms with E-state index in [0.717, 1.165) is 38.0 Å². The predicted octanol–water partition coefficient (Wildman–Crippen LogP) is 1.25. The molecule has 7 nitrogen and oxygen atoms in total. The van der Waals surface area contributed by atoms with Gasteiger partial charge in [-0.3, -0.25) is 4.79 Å². The van der Waals surface area contributed by atoms with Gasteiger partial charge < -0.3 is 16.0 Å². The number of amides is 1. The smallest absolute Gasteiger partial charge is 0.242 e. The van der Waals surface area contributed by atoms with Gasteiger partial charge in [-0.15, -0.1) is 0 Å². The first-order valence-corrected chi connectivity index (χ1v) is 9.15. The van der Waals surface area contributed by atoms with Crippen LogP contribution in [0.25, 0.3) is 5.69 Å². The lowest BCUT2D eigenvalue weighted by Gasteiger charge is -2.11. The molecule has 1 fully saturated rings. The minimum atomic E-state index is -0.0149. The van der Waals surface area contributed by atoms with Gasteiger partial charge in [0.1, 0.15) is 6.54 Å². The van der Waals surface area contributed by atoms with Gasteiger partial charge in [-0.2, -0.15) is 5.10 Å². The highest BCUT2D eigenvalue weighted by Gasteiger charge is 2.22. The average molecular weight is 354 g/mol. The summed E-state index contributed by atoms with van der Waals surface area (Å²) < 4.78 is 1.84. The third kappa shape index (κ3) is 5.61. The summed E-state index contributed by atoms with van der Waals surface area (Å²) in [4.78, 5) is 16.1. The molecule has 0 radical (unpaired) electrons. The molecule has 138 valence electrons. The number of nitrogens with one attached hydrogen (secondary N) is 3. The zero-order chi connectivity index (χ0) is 18.2. The summed E-state index contributed by atoms with van der Waals surface area (Å²) in [7, 11) is 0. The molecule has 1 aliphatic rings. The van der Waals surface area contributed by atoms with Gasteiger partial charge in [0.25, 0.3) is 0 Å². The maximum absolute atomic E-state index is 11.7. The minimum Gasteiger partial charge on any atom is -0.357 e. The molecular weight excluding hydrogens is 328 g/mol. The van der Waals surface area contributed by atoms with Gasteiger partial charge in [-0.05, 0) is 49.9 Å². The fraction of sp³-hybridized carbons (Fsp3) is 0.421. The van der Waals surface area contributed by atoms with Crippen molar-refractivity contribution in [3.8, 4) is 5.69 Å². The Hall–Kier alpha value is -2.83. The summed E-state index contributed by atoms with van der Waals surface area (Å²) in [5, 5.41) is 13.6. The summed E-state index contributed by atoms with van der Waals surface area (Å²) >= 11 is 0. The molecule has 0 aliphatic heterocycles. The van der Waals surface area contributed by atoms with Gasteiger partial charge >= 0.3 is 0 Å². The monoisotopic (exact) mass is 354 g/mol. The number of carbonyl (C=O) groups excluding carboxylic acids is 1. The summed E-state index contributed by atoms with van der Waals surface area (Å²) in [6.07, 6.45) is 6.75. The number of aromatic nitrogens is 2. The molecule has 3 rings (SSSR count). The first-order chi connectivity index (χ1) is 12.7. The Labute approximate surface area is 153 Å². The Morgan fingerprint density at radius 2 is 2.08 bits per heavy atom. The standard InChI is InChI=1S/C19H26N6O/c1-2-20-19(22-14-18(26)24-16-6-7-16)21-12-10-15-4-8-17(9-5-15)25-13-3-11-23-25/h3-5,8-9,11,13,16H,2,6-7,10,12,14H2,1H3,(H,24,26)(H2,20,21,22). The Kier molecular flexibility index (Phi) is 6.24. The van der Waals surface area contributed by atoms with Crippen LogP contribution in [0.4, 0.5) is 0 Å². The van der Waals surface area contributed by atoms with Crippen molar-refractivity contribution in [1.82, 2.24) is 25.7 Å². The summed E-state index contributed by atoms with van der Waals surface area (Å²) in [5.74, 6) is 0.658. The maximum Gasteiger partial charge on any atom is 0.242 e. The topological polar surface area (TPSA) is 83.3 Å². The van der Waals surface area contributed by atoms with Crippen molar-refractivity contribution in [2.24, 2.45) is 4.99 Å². The molecular formula is C19H26N6O. The lowest BCUT2D eigenvalue weighted by molar-refractivity contribution is -0.119. The Bertz CT molecular complexity index is 719. The molecule has 0 bridgehead atoms. The van der Waals surface area contributed by atoms with E-state index >= 15 is 0 Å². The molecule has 0 unspecified atom stereocenters. The second-order valence-electron chi connectivity index (χ2n) is 6.33. The van der Waals surface area contributed by atoms with Crippen LogP contribution >= 0.6 is 0 Å². The molecule has 0 spiro atoms. The van der Waals surface area contributed by atoms with Gasteiger partial charge in [-0.25, -0.2) is 9.67 Å². The quantitative estimate of drug-likeness (QED) is 0.492. The van der Waals surface area contributed by atoms with Gasteiger partial charge in [-0.1, -0.05) is 12.1 Å². The number of aliphatic imine (C=N–C) groups is 1. The highest BCUT2D eigenvalue weighted by Crippen LogP contribution is 2.18. The Morgan fingerprint density at radius 1 is 1.27 bits per heavy atom. The Morgan fingerprint density at radius 3 is 2.73 bits per heavy atom. The number of benzene rings is 1. The van der Waals surface area contributed by atoms with E-state index in [1.807, 2.05) is 23.9 Å². The molecule has 0 saturated heterocycles. The van der Waals surface area contributed by atoms with Crippen molar-refractivity contribution in [2.75, 3.05) is 19.6 Å². The first-order valence-electron chi connectivity index (χ1n) is 9.15. The molecule has 1 heterocycles. The summed E-state index contributed by atoms with van der Waals surface area (Å²) in [6.45, 7) is 3.67. The van der Waals surface area contributed by atoms with E-state index in [9.17, 15) is 4.79 Å². The van der Waals surface area contributed by atoms with Crippen LogP contribution < -0.4 is 16.0 Å². The molecule has 1 aromatic carbocycles. The number of hydrogen-bond acceptors (Lipinski definition) is 3. The molecule has 7 heteroatoms. The highest BCUT2D eigenvalue weighted by atomic mass is 16.2. The van der Waals surface area contributed by atoms with Crippen LogP contribution in [0.3, 0.4) is 0 Å². The average Bonchev–Trinajstić information content (AvgIpc) is 3.29. The van der Waals surface area contributed by atoms with Crippen LogP contribution in [0, 0.1) is 0 Å². The second kappa shape index (κ2) is 9.03. The second-order valence-corrected chi connectivity index (χ2v) is 6.33. The van der Waals surface area contributed by atoms with E-state index in [4.69, 9.17) is 0 Å². The number of hydrogen-bond donors (Lipinski definition) is 3. The fourth-order valence-corrected chi connectivity index (χ4v) is 2.56. The number of carbonyl (C=O) groups is 1. The first kappa shape index (κ1) is 18.0. The third-order valence-electron chi connectivity index (χ3n) is 4.08. The third-order valence-corrected chi connectivity index (χ3v) is 4.08. The summed E-state index contributed by atoms with van der Waals surface area (Å²) in [5.41, 5.74) is 2.28. The molecule has 1 saturated carbocycles. The zero-order valence-electron chi connectivity index (χ0n) is 15.1. The molecule has 26 heavy (non-hydrogen) atoms. The van der Waals surface area contributed by atoms with E-state index < -0.39 is 0 Å². The van der Waals surface area contributed by atoms with Crippen LogP contribution in [0.5, 0.6) is 0 Å². The molecule has 0 atom stereocenters. The maximum atomic E-state index is 11.7. The normalized spacial score (nSPS) is 14.1. The van der Waals surface area contributed by atoms with Gasteiger partial charge in [0.2, 0.25) is 5.91 Å². The van der Waals surface area contributed by atoms with Gasteiger partial charge in [0.15, 0.2) is 5.96 Å². The van der Waals surface area contributed by atoms with Crippen LogP contribution in [-0.2, 0) is 11.2 Å². The van der Waals surface area contributed by atoms with Crippen LogP contribution in [0.1, 0.15) is 25.3 Å². The van der Waals surface area contributed by atoms with Crippen molar-refractivity contribution < 1.29 is 4.79 Å². The largest absolute Gasteiger partial charge is 0.357 e. The molecule has 1 aliphatic carbocycles. The fourth-order valence-electron chi connectivity index (χ4n) is 2.56. The highest BCUT2D eigenvalue weighted by molar-refractivity contribution is 5.85. The molecule has 1 aromatic heterocycles. The Balaban J connectivity index is 1.45. The predicted molar refractivity (Wildman–Crippen MR) is 102 cm³/mol. The zero-order valence-corrected chi connectivity index (χ0v) is 15.1. The van der Waals surface area contributed by atoms with Crippen molar-refractivity contribution >= 4 is 11.9 Å². The van der Waals surface area contributed by atoms with Crippen molar-refractivity contribution in [1.29, 1.82) is 0 Å². The van der Waals surface area contributed by atoms with Gasteiger partial charge in [0.05, 0.1) is 5.69 Å². The molecule has 2 aromatic rings. The molecule has 3 N–H and O–H groups in total. The minimum absolute atomic E-state index is 0.0149. The lowest BCUT2D eigenvalue weighted by atomic mass is 10.1. The SMILES string of the molecule is CCNC(=NCC(=O)NC1CC1)NCCc1ccc(-n2cccn2)cc1. The van der Waals surface area contributed by atoms with Crippen molar-refractivity contribution in [3.05, 3.63) is 48.3 Å². The summed E-state index contributed by atoms with van der Waals surface area (Å²) in [6, 6.07) is 10.6. The van der Waals surface area contributed by atoms with E-state index in [1.54, 1.807) is 6.20 Å². The van der Waals surface area contributed by atoms with Crippen molar-refractivity contribution in [2.45, 2.75) is 32.2 Å². The van der Waals surface area contributed by atoms with E-state index in [2.05, 4.69) is 50.3 Å². The van der Waals surface area contributed by atoms with E-state index in [1.165, 1.54) is 5.56 Å². The molecule has 1 amide bonds.